The molecule has 0 aliphatic carbocycles. The molecule has 1 fully saturated rings. The van der Waals surface area contributed by atoms with E-state index >= 15 is 0 Å². The molecule has 0 saturated carbocycles. The van der Waals surface area contributed by atoms with Crippen molar-refractivity contribution in [2.75, 3.05) is 13.1 Å². The van der Waals surface area contributed by atoms with Gasteiger partial charge in [0.05, 0.1) is 0 Å². The fourth-order valence-electron chi connectivity index (χ4n) is 2.41. The minimum absolute atomic E-state index is 0.190. The van der Waals surface area contributed by atoms with Crippen LogP contribution in [0.25, 0.3) is 0 Å². The molecule has 1 aliphatic rings. The Labute approximate surface area is 117 Å². The van der Waals surface area contributed by atoms with Gasteiger partial charge in [0.2, 0.25) is 0 Å². The third kappa shape index (κ3) is 3.53. The molecule has 18 heavy (non-hydrogen) atoms. The maximum Gasteiger partial charge on any atom is 0.124 e. The third-order valence-corrected chi connectivity index (χ3v) is 4.31. The Kier molecular flexibility index (Phi) is 4.76. The monoisotopic (exact) mass is 314 g/mol. The van der Waals surface area contributed by atoms with Crippen LogP contribution in [-0.2, 0) is 6.54 Å². The van der Waals surface area contributed by atoms with Crippen molar-refractivity contribution in [3.05, 3.63) is 34.1 Å². The number of rotatable bonds is 2. The number of nitrogens with one attached hydrogen (secondary N) is 1. The normalized spacial score (nSPS) is 26.0. The lowest BCUT2D eigenvalue weighted by Gasteiger charge is -2.28. The summed E-state index contributed by atoms with van der Waals surface area (Å²) in [6.45, 7) is 7.45. The number of hydrogen-bond acceptors (Lipinski definition) is 2. The molecule has 1 N–H and O–H groups in total. The number of nitrogens with zero attached hydrogens (tertiary/aromatic N) is 1. The topological polar surface area (TPSA) is 15.3 Å². The van der Waals surface area contributed by atoms with Crippen molar-refractivity contribution >= 4 is 15.9 Å². The summed E-state index contributed by atoms with van der Waals surface area (Å²) < 4.78 is 13.9. The van der Waals surface area contributed by atoms with Gasteiger partial charge in [0.1, 0.15) is 5.82 Å². The van der Waals surface area contributed by atoms with Crippen LogP contribution in [0.15, 0.2) is 22.7 Å². The predicted molar refractivity (Wildman–Crippen MR) is 76.1 cm³/mol. The van der Waals surface area contributed by atoms with Gasteiger partial charge in [-0.15, -0.1) is 0 Å². The fraction of sp³-hybridized carbons (Fsp3) is 0.571. The van der Waals surface area contributed by atoms with Crippen molar-refractivity contribution in [2.45, 2.75) is 38.9 Å². The standard InChI is InChI=1S/C14H20BrFN2/c1-10-8-18(11(2)5-6-17-10)9-12-3-4-13(16)7-14(12)15/h3-4,7,10-11,17H,5-6,8-9H2,1-2H3. The first-order valence-corrected chi connectivity index (χ1v) is 7.27. The molecule has 0 amide bonds. The summed E-state index contributed by atoms with van der Waals surface area (Å²) in [5.41, 5.74) is 1.15. The molecule has 0 radical (unpaired) electrons. The summed E-state index contributed by atoms with van der Waals surface area (Å²) in [7, 11) is 0. The van der Waals surface area contributed by atoms with Crippen molar-refractivity contribution in [3.63, 3.8) is 0 Å². The van der Waals surface area contributed by atoms with Crippen LogP contribution in [0.3, 0.4) is 0 Å². The summed E-state index contributed by atoms with van der Waals surface area (Å²) >= 11 is 3.45. The Hall–Kier alpha value is -0.450. The van der Waals surface area contributed by atoms with Crippen molar-refractivity contribution in [2.24, 2.45) is 0 Å². The summed E-state index contributed by atoms with van der Waals surface area (Å²) in [4.78, 5) is 2.46. The lowest BCUT2D eigenvalue weighted by atomic mass is 10.1. The van der Waals surface area contributed by atoms with Gasteiger partial charge in [0.25, 0.3) is 0 Å². The molecule has 0 spiro atoms. The van der Waals surface area contributed by atoms with Crippen molar-refractivity contribution < 1.29 is 4.39 Å². The van der Waals surface area contributed by atoms with Gasteiger partial charge >= 0.3 is 0 Å². The van der Waals surface area contributed by atoms with Crippen molar-refractivity contribution in [1.82, 2.24) is 10.2 Å². The quantitative estimate of drug-likeness (QED) is 0.902. The zero-order chi connectivity index (χ0) is 13.1. The largest absolute Gasteiger partial charge is 0.313 e. The molecular weight excluding hydrogens is 295 g/mol. The SMILES string of the molecule is CC1CN(Cc2ccc(F)cc2Br)C(C)CCN1. The summed E-state index contributed by atoms with van der Waals surface area (Å²) in [5, 5.41) is 3.50. The van der Waals surface area contributed by atoms with Crippen LogP contribution in [0.5, 0.6) is 0 Å². The van der Waals surface area contributed by atoms with Crippen LogP contribution >= 0.6 is 15.9 Å². The molecule has 0 aromatic heterocycles. The zero-order valence-corrected chi connectivity index (χ0v) is 12.5. The first kappa shape index (κ1) is 14.0. The van der Waals surface area contributed by atoms with Gasteiger partial charge in [-0.3, -0.25) is 4.90 Å². The average Bonchev–Trinajstić information content (AvgIpc) is 2.45. The number of halogens is 2. The molecule has 2 atom stereocenters. The fourth-order valence-corrected chi connectivity index (χ4v) is 2.88. The van der Waals surface area contributed by atoms with Crippen LogP contribution in [0.1, 0.15) is 25.8 Å². The van der Waals surface area contributed by atoms with E-state index in [0.29, 0.717) is 12.1 Å². The highest BCUT2D eigenvalue weighted by Gasteiger charge is 2.21. The molecule has 2 nitrogen and oxygen atoms in total. The van der Waals surface area contributed by atoms with Gasteiger partial charge in [-0.1, -0.05) is 22.0 Å². The highest BCUT2D eigenvalue weighted by molar-refractivity contribution is 9.10. The molecule has 2 rings (SSSR count). The second-order valence-corrected chi connectivity index (χ2v) is 6.01. The van der Waals surface area contributed by atoms with Crippen LogP contribution < -0.4 is 5.32 Å². The van der Waals surface area contributed by atoms with Crippen molar-refractivity contribution in [3.8, 4) is 0 Å². The molecule has 1 heterocycles. The van der Waals surface area contributed by atoms with E-state index in [4.69, 9.17) is 0 Å². The molecule has 100 valence electrons. The molecule has 2 unspecified atom stereocenters. The lowest BCUT2D eigenvalue weighted by Crippen LogP contribution is -2.38. The minimum atomic E-state index is -0.190. The summed E-state index contributed by atoms with van der Waals surface area (Å²) in [5.74, 6) is -0.190. The van der Waals surface area contributed by atoms with Crippen molar-refractivity contribution in [1.29, 1.82) is 0 Å². The van der Waals surface area contributed by atoms with Crippen LogP contribution in [0, 0.1) is 5.82 Å². The molecule has 0 bridgehead atoms. The first-order chi connectivity index (χ1) is 8.56. The van der Waals surface area contributed by atoms with E-state index in [1.54, 1.807) is 6.07 Å². The summed E-state index contributed by atoms with van der Waals surface area (Å²) in [6.07, 6.45) is 1.16. The number of benzene rings is 1. The van der Waals surface area contributed by atoms with E-state index < -0.39 is 0 Å². The van der Waals surface area contributed by atoms with E-state index in [1.165, 1.54) is 6.07 Å². The number of hydrogen-bond donors (Lipinski definition) is 1. The molecule has 1 aliphatic heterocycles. The van der Waals surface area contributed by atoms with Gasteiger partial charge in [0.15, 0.2) is 0 Å². The smallest absolute Gasteiger partial charge is 0.124 e. The van der Waals surface area contributed by atoms with E-state index in [-0.39, 0.29) is 5.82 Å². The van der Waals surface area contributed by atoms with E-state index in [2.05, 4.69) is 40.0 Å². The molecule has 1 aromatic rings. The predicted octanol–water partition coefficient (Wildman–Crippen LogP) is 3.16. The second-order valence-electron chi connectivity index (χ2n) is 5.16. The first-order valence-electron chi connectivity index (χ1n) is 6.47. The van der Waals surface area contributed by atoms with E-state index in [0.717, 1.165) is 36.1 Å². The maximum atomic E-state index is 13.1. The van der Waals surface area contributed by atoms with E-state index in [1.807, 2.05) is 6.07 Å². The highest BCUT2D eigenvalue weighted by atomic mass is 79.9. The highest BCUT2D eigenvalue weighted by Crippen LogP contribution is 2.22. The Morgan fingerprint density at radius 2 is 2.22 bits per heavy atom. The summed E-state index contributed by atoms with van der Waals surface area (Å²) in [6, 6.07) is 6.01. The van der Waals surface area contributed by atoms with Crippen LogP contribution in [0.4, 0.5) is 4.39 Å². The maximum absolute atomic E-state index is 13.1. The molecule has 1 saturated heterocycles. The Bertz CT molecular complexity index is 411. The van der Waals surface area contributed by atoms with Crippen LogP contribution in [0.2, 0.25) is 0 Å². The van der Waals surface area contributed by atoms with Gasteiger partial charge < -0.3 is 5.32 Å². The second kappa shape index (κ2) is 6.13. The molecule has 4 heteroatoms. The molecular formula is C14H20BrFN2. The van der Waals surface area contributed by atoms with Gasteiger partial charge in [-0.25, -0.2) is 4.39 Å². The van der Waals surface area contributed by atoms with E-state index in [9.17, 15) is 4.39 Å². The lowest BCUT2D eigenvalue weighted by molar-refractivity contribution is 0.198. The average molecular weight is 315 g/mol. The Balaban J connectivity index is 2.10. The zero-order valence-electron chi connectivity index (χ0n) is 10.9. The van der Waals surface area contributed by atoms with Gasteiger partial charge in [0, 0.05) is 29.6 Å². The Morgan fingerprint density at radius 1 is 1.44 bits per heavy atom. The third-order valence-electron chi connectivity index (χ3n) is 3.58. The van der Waals surface area contributed by atoms with Gasteiger partial charge in [-0.2, -0.15) is 0 Å². The molecule has 1 aromatic carbocycles. The van der Waals surface area contributed by atoms with Crippen LogP contribution in [-0.4, -0.2) is 30.1 Å². The Morgan fingerprint density at radius 3 is 2.94 bits per heavy atom. The van der Waals surface area contributed by atoms with Gasteiger partial charge in [-0.05, 0) is 44.5 Å². The minimum Gasteiger partial charge on any atom is -0.313 e.